The van der Waals surface area contributed by atoms with Gasteiger partial charge >= 0.3 is 5.97 Å². The number of hydrogen-bond donors (Lipinski definition) is 1. The van der Waals surface area contributed by atoms with Crippen molar-refractivity contribution in [1.82, 2.24) is 4.98 Å². The van der Waals surface area contributed by atoms with E-state index in [0.717, 1.165) is 15.4 Å². The molecule has 1 aromatic heterocycles. The zero-order valence-electron chi connectivity index (χ0n) is 11.0. The number of aromatic nitrogens is 1. The third-order valence-corrected chi connectivity index (χ3v) is 5.32. The van der Waals surface area contributed by atoms with Gasteiger partial charge in [-0.1, -0.05) is 39.7 Å². The third-order valence-electron chi connectivity index (χ3n) is 3.04. The van der Waals surface area contributed by atoms with Gasteiger partial charge in [0.15, 0.2) is 0 Å². The van der Waals surface area contributed by atoms with Crippen molar-refractivity contribution in [1.29, 1.82) is 0 Å². The van der Waals surface area contributed by atoms with Crippen LogP contribution in [-0.2, 0) is 15.5 Å². The molecule has 1 N–H and O–H groups in total. The minimum absolute atomic E-state index is 0.588. The first-order chi connectivity index (χ1) is 9.36. The van der Waals surface area contributed by atoms with Crippen molar-refractivity contribution in [2.24, 2.45) is 0 Å². The summed E-state index contributed by atoms with van der Waals surface area (Å²) in [5, 5.41) is 11.4. The molecule has 0 saturated carbocycles. The summed E-state index contributed by atoms with van der Waals surface area (Å²) in [5.74, 6) is -0.882. The second-order valence-electron chi connectivity index (χ2n) is 4.86. The summed E-state index contributed by atoms with van der Waals surface area (Å²) in [6, 6.07) is 7.37. The van der Waals surface area contributed by atoms with Gasteiger partial charge in [0.1, 0.15) is 10.4 Å². The summed E-state index contributed by atoms with van der Waals surface area (Å²) in [4.78, 5) is 16.9. The second-order valence-corrected chi connectivity index (χ2v) is 6.94. The van der Waals surface area contributed by atoms with E-state index in [1.807, 2.05) is 12.1 Å². The molecule has 1 heterocycles. The fourth-order valence-electron chi connectivity index (χ4n) is 1.75. The van der Waals surface area contributed by atoms with E-state index in [4.69, 9.17) is 11.6 Å². The van der Waals surface area contributed by atoms with Crippen molar-refractivity contribution in [2.45, 2.75) is 24.6 Å². The number of hydrogen-bond acceptors (Lipinski definition) is 3. The van der Waals surface area contributed by atoms with Crippen LogP contribution < -0.4 is 0 Å². The average Bonchev–Trinajstić information content (AvgIpc) is 2.84. The minimum Gasteiger partial charge on any atom is -0.481 e. The van der Waals surface area contributed by atoms with Gasteiger partial charge in [0.25, 0.3) is 0 Å². The highest BCUT2D eigenvalue weighted by molar-refractivity contribution is 9.08. The molecule has 0 radical (unpaired) electrons. The molecule has 106 valence electrons. The number of carboxylic acids is 1. The highest BCUT2D eigenvalue weighted by atomic mass is 79.9. The quantitative estimate of drug-likeness (QED) is 0.788. The lowest BCUT2D eigenvalue weighted by Gasteiger charge is -2.17. The van der Waals surface area contributed by atoms with E-state index in [1.54, 1.807) is 26.0 Å². The van der Waals surface area contributed by atoms with Crippen LogP contribution in [0, 0.1) is 0 Å². The van der Waals surface area contributed by atoms with Crippen molar-refractivity contribution in [2.75, 3.05) is 0 Å². The molecule has 0 aliphatic rings. The van der Waals surface area contributed by atoms with Crippen LogP contribution in [0.5, 0.6) is 0 Å². The van der Waals surface area contributed by atoms with Gasteiger partial charge in [-0.05, 0) is 26.0 Å². The van der Waals surface area contributed by atoms with Crippen LogP contribution >= 0.6 is 38.9 Å². The first-order valence-electron chi connectivity index (χ1n) is 5.91. The zero-order valence-corrected chi connectivity index (χ0v) is 14.1. The Morgan fingerprint density at radius 3 is 2.50 bits per heavy atom. The topological polar surface area (TPSA) is 50.2 Å². The molecule has 6 heteroatoms. The molecule has 2 rings (SSSR count). The summed E-state index contributed by atoms with van der Waals surface area (Å²) in [5.41, 5.74) is 0.537. The lowest BCUT2D eigenvalue weighted by atomic mass is 9.89. The largest absolute Gasteiger partial charge is 0.481 e. The van der Waals surface area contributed by atoms with Crippen LogP contribution in [0.3, 0.4) is 0 Å². The highest BCUT2D eigenvalue weighted by Crippen LogP contribution is 2.36. The molecule has 1 aromatic carbocycles. The van der Waals surface area contributed by atoms with Gasteiger partial charge in [-0.25, -0.2) is 4.98 Å². The standard InChI is InChI=1S/C14H13BrClNO2S/c1-14(2,13(18)19)11-10(7-15)20-12(17-11)8-3-5-9(16)6-4-8/h3-6H,7H2,1-2H3,(H,18,19). The fraction of sp³-hybridized carbons (Fsp3) is 0.286. The number of nitrogens with zero attached hydrogens (tertiary/aromatic N) is 1. The van der Waals surface area contributed by atoms with E-state index in [9.17, 15) is 9.90 Å². The molecule has 0 aliphatic heterocycles. The van der Waals surface area contributed by atoms with Crippen LogP contribution in [-0.4, -0.2) is 16.1 Å². The second kappa shape index (κ2) is 5.84. The van der Waals surface area contributed by atoms with Gasteiger partial charge in [-0.15, -0.1) is 11.3 Å². The molecule has 0 aliphatic carbocycles. The van der Waals surface area contributed by atoms with Gasteiger partial charge in [0.2, 0.25) is 0 Å². The van der Waals surface area contributed by atoms with Crippen molar-refractivity contribution >= 4 is 44.8 Å². The number of thiazole rings is 1. The smallest absolute Gasteiger partial charge is 0.315 e. The first kappa shape index (κ1) is 15.5. The third kappa shape index (κ3) is 2.90. The number of aliphatic carboxylic acids is 1. The van der Waals surface area contributed by atoms with E-state index in [1.165, 1.54) is 11.3 Å². The molecule has 0 bridgehead atoms. The Kier molecular flexibility index (Phi) is 4.52. The van der Waals surface area contributed by atoms with Gasteiger partial charge in [0.05, 0.1) is 5.69 Å². The molecule has 0 unspecified atom stereocenters. The van der Waals surface area contributed by atoms with Gasteiger partial charge in [-0.3, -0.25) is 4.79 Å². The van der Waals surface area contributed by atoms with Crippen LogP contribution in [0.4, 0.5) is 0 Å². The summed E-state index contributed by atoms with van der Waals surface area (Å²) in [6.07, 6.45) is 0. The Labute approximate surface area is 134 Å². The van der Waals surface area contributed by atoms with Crippen molar-refractivity contribution in [3.63, 3.8) is 0 Å². The number of carbonyl (C=O) groups is 1. The minimum atomic E-state index is -1.01. The van der Waals surface area contributed by atoms with Crippen LogP contribution in [0.2, 0.25) is 5.02 Å². The summed E-state index contributed by atoms with van der Waals surface area (Å²) < 4.78 is 0. The normalized spacial score (nSPS) is 11.6. The summed E-state index contributed by atoms with van der Waals surface area (Å²) >= 11 is 10.8. The van der Waals surface area contributed by atoms with E-state index in [0.29, 0.717) is 16.0 Å². The monoisotopic (exact) mass is 373 g/mol. The number of rotatable bonds is 4. The molecule has 0 fully saturated rings. The SMILES string of the molecule is CC(C)(C(=O)O)c1nc(-c2ccc(Cl)cc2)sc1CBr. The molecule has 0 spiro atoms. The Bertz CT molecular complexity index is 637. The van der Waals surface area contributed by atoms with Crippen molar-refractivity contribution in [3.8, 4) is 10.6 Å². The van der Waals surface area contributed by atoms with Gasteiger partial charge in [-0.2, -0.15) is 0 Å². The molecular formula is C14H13BrClNO2S. The first-order valence-corrected chi connectivity index (χ1v) is 8.23. The summed E-state index contributed by atoms with van der Waals surface area (Å²) in [6.45, 7) is 3.34. The molecule has 0 atom stereocenters. The van der Waals surface area contributed by atoms with E-state index < -0.39 is 11.4 Å². The van der Waals surface area contributed by atoms with E-state index >= 15 is 0 Å². The Morgan fingerprint density at radius 2 is 2.00 bits per heavy atom. The number of carboxylic acid groups (broad SMARTS) is 1. The van der Waals surface area contributed by atoms with Crippen LogP contribution in [0.25, 0.3) is 10.6 Å². The lowest BCUT2D eigenvalue weighted by Crippen LogP contribution is -2.29. The molecule has 3 nitrogen and oxygen atoms in total. The fourth-order valence-corrected chi connectivity index (χ4v) is 3.56. The van der Waals surface area contributed by atoms with Crippen molar-refractivity contribution in [3.05, 3.63) is 39.9 Å². The summed E-state index contributed by atoms with van der Waals surface area (Å²) in [7, 11) is 0. The van der Waals surface area contributed by atoms with E-state index in [2.05, 4.69) is 20.9 Å². The maximum atomic E-state index is 11.4. The predicted molar refractivity (Wildman–Crippen MR) is 85.9 cm³/mol. The van der Waals surface area contributed by atoms with E-state index in [-0.39, 0.29) is 0 Å². The average molecular weight is 375 g/mol. The van der Waals surface area contributed by atoms with Crippen LogP contribution in [0.15, 0.2) is 24.3 Å². The maximum absolute atomic E-state index is 11.4. The van der Waals surface area contributed by atoms with Crippen LogP contribution in [0.1, 0.15) is 24.4 Å². The molecule has 0 saturated heterocycles. The Balaban J connectivity index is 2.51. The van der Waals surface area contributed by atoms with Gasteiger partial charge < -0.3 is 5.11 Å². The number of benzene rings is 1. The molecular weight excluding hydrogens is 362 g/mol. The molecule has 2 aromatic rings. The zero-order chi connectivity index (χ0) is 14.9. The van der Waals surface area contributed by atoms with Gasteiger partial charge in [0, 0.05) is 20.8 Å². The lowest BCUT2D eigenvalue weighted by molar-refractivity contribution is -0.142. The molecule has 20 heavy (non-hydrogen) atoms. The van der Waals surface area contributed by atoms with Crippen molar-refractivity contribution < 1.29 is 9.90 Å². The number of alkyl halides is 1. The Morgan fingerprint density at radius 1 is 1.40 bits per heavy atom. The number of halogens is 2. The predicted octanol–water partition coefficient (Wildman–Crippen LogP) is 4.72. The molecule has 0 amide bonds. The Hall–Kier alpha value is -0.910. The maximum Gasteiger partial charge on any atom is 0.315 e. The highest BCUT2D eigenvalue weighted by Gasteiger charge is 2.35.